The van der Waals surface area contributed by atoms with Crippen molar-refractivity contribution in [2.45, 2.75) is 71.1 Å². The second kappa shape index (κ2) is 16.7. The third-order valence-corrected chi connectivity index (χ3v) is 3.56. The van der Waals surface area contributed by atoms with Gasteiger partial charge in [0.2, 0.25) is 5.70 Å². The summed E-state index contributed by atoms with van der Waals surface area (Å²) in [7, 11) is 0. The van der Waals surface area contributed by atoms with Crippen LogP contribution in [0, 0.1) is 10.1 Å². The number of nitrogens with zero attached hydrogens (tertiary/aromatic N) is 1. The Labute approximate surface area is 151 Å². The second-order valence-electron chi connectivity index (χ2n) is 5.82. The lowest BCUT2D eigenvalue weighted by Gasteiger charge is -1.94. The van der Waals surface area contributed by atoms with Crippen LogP contribution in [0.25, 0.3) is 0 Å². The normalized spacial score (nSPS) is 12.6. The SMILES string of the molecule is CCCCC/C=C/C/C=C/C/C=C(/C/C=C/CCCC(=O)O)[N+](=O)[O-]. The smallest absolute Gasteiger partial charge is 0.303 e. The van der Waals surface area contributed by atoms with Gasteiger partial charge in [-0.3, -0.25) is 14.9 Å². The van der Waals surface area contributed by atoms with Crippen molar-refractivity contribution in [1.29, 1.82) is 0 Å². The minimum absolute atomic E-state index is 0.125. The molecule has 0 aromatic rings. The molecule has 0 atom stereocenters. The fourth-order valence-corrected chi connectivity index (χ4v) is 2.13. The first-order valence-electron chi connectivity index (χ1n) is 9.08. The molecule has 0 aromatic heterocycles. The Morgan fingerprint density at radius 2 is 1.60 bits per heavy atom. The molecule has 0 rings (SSSR count). The van der Waals surface area contributed by atoms with E-state index in [0.717, 1.165) is 12.8 Å². The lowest BCUT2D eigenvalue weighted by Crippen LogP contribution is -1.97. The Morgan fingerprint density at radius 3 is 2.28 bits per heavy atom. The summed E-state index contributed by atoms with van der Waals surface area (Å²) in [6.45, 7) is 2.19. The molecule has 0 aliphatic carbocycles. The Kier molecular flexibility index (Phi) is 15.2. The van der Waals surface area contributed by atoms with Crippen LogP contribution in [0.15, 0.2) is 48.2 Å². The molecule has 0 aliphatic heterocycles. The van der Waals surface area contributed by atoms with E-state index < -0.39 is 5.97 Å². The van der Waals surface area contributed by atoms with E-state index in [-0.39, 0.29) is 23.5 Å². The van der Waals surface area contributed by atoms with Gasteiger partial charge in [0.15, 0.2) is 0 Å². The van der Waals surface area contributed by atoms with E-state index in [1.807, 2.05) is 12.2 Å². The van der Waals surface area contributed by atoms with Gasteiger partial charge < -0.3 is 5.11 Å². The van der Waals surface area contributed by atoms with Crippen LogP contribution in [0.2, 0.25) is 0 Å². The molecule has 25 heavy (non-hydrogen) atoms. The maximum atomic E-state index is 11.0. The van der Waals surface area contributed by atoms with Gasteiger partial charge in [0.25, 0.3) is 0 Å². The Balaban J connectivity index is 4.02. The molecule has 0 aliphatic rings. The number of nitro groups is 1. The van der Waals surface area contributed by atoms with Gasteiger partial charge in [-0.25, -0.2) is 0 Å². The Morgan fingerprint density at radius 1 is 0.960 bits per heavy atom. The first-order chi connectivity index (χ1) is 12.1. The minimum atomic E-state index is -0.818. The molecule has 0 saturated heterocycles. The maximum absolute atomic E-state index is 11.0. The highest BCUT2D eigenvalue weighted by atomic mass is 16.6. The van der Waals surface area contributed by atoms with E-state index in [1.54, 1.807) is 18.2 Å². The van der Waals surface area contributed by atoms with Gasteiger partial charge in [-0.1, -0.05) is 56.2 Å². The number of carboxylic acids is 1. The average Bonchev–Trinajstić information content (AvgIpc) is 2.57. The zero-order valence-electron chi connectivity index (χ0n) is 15.2. The molecule has 140 valence electrons. The summed E-state index contributed by atoms with van der Waals surface area (Å²) < 4.78 is 0. The van der Waals surface area contributed by atoms with E-state index in [4.69, 9.17) is 5.11 Å². The summed E-state index contributed by atoms with van der Waals surface area (Å²) in [4.78, 5) is 21.0. The van der Waals surface area contributed by atoms with Crippen LogP contribution in [-0.2, 0) is 4.79 Å². The van der Waals surface area contributed by atoms with Crippen LogP contribution in [0.5, 0.6) is 0 Å². The van der Waals surface area contributed by atoms with Gasteiger partial charge >= 0.3 is 5.97 Å². The predicted octanol–water partition coefficient (Wildman–Crippen LogP) is 5.82. The number of carbonyl (C=O) groups is 1. The highest BCUT2D eigenvalue weighted by molar-refractivity contribution is 5.66. The first-order valence-corrected chi connectivity index (χ1v) is 9.08. The zero-order valence-corrected chi connectivity index (χ0v) is 15.2. The molecular weight excluding hydrogens is 318 g/mol. The zero-order chi connectivity index (χ0) is 18.8. The fourth-order valence-electron chi connectivity index (χ4n) is 2.13. The van der Waals surface area contributed by atoms with Crippen LogP contribution in [0.4, 0.5) is 0 Å². The molecule has 0 fully saturated rings. The lowest BCUT2D eigenvalue weighted by molar-refractivity contribution is -0.427. The molecule has 0 bridgehead atoms. The number of hydrogen-bond donors (Lipinski definition) is 1. The van der Waals surface area contributed by atoms with Gasteiger partial charge in [0.1, 0.15) is 0 Å². The van der Waals surface area contributed by atoms with Crippen LogP contribution in [-0.4, -0.2) is 16.0 Å². The number of rotatable bonds is 15. The molecule has 0 aromatic carbocycles. The Hall–Kier alpha value is -2.17. The molecule has 0 radical (unpaired) electrons. The molecule has 5 nitrogen and oxygen atoms in total. The topological polar surface area (TPSA) is 80.4 Å². The molecule has 0 amide bonds. The van der Waals surface area contributed by atoms with E-state index >= 15 is 0 Å². The summed E-state index contributed by atoms with van der Waals surface area (Å²) in [6.07, 6.45) is 21.3. The maximum Gasteiger partial charge on any atom is 0.303 e. The predicted molar refractivity (Wildman–Crippen MR) is 102 cm³/mol. The van der Waals surface area contributed by atoms with Gasteiger partial charge in [0, 0.05) is 6.42 Å². The van der Waals surface area contributed by atoms with Crippen molar-refractivity contribution in [3.05, 3.63) is 58.3 Å². The fraction of sp³-hybridized carbons (Fsp3) is 0.550. The van der Waals surface area contributed by atoms with Crippen molar-refractivity contribution in [2.24, 2.45) is 0 Å². The van der Waals surface area contributed by atoms with E-state index in [9.17, 15) is 14.9 Å². The largest absolute Gasteiger partial charge is 0.481 e. The number of carboxylic acid groups (broad SMARTS) is 1. The summed E-state index contributed by atoms with van der Waals surface area (Å²) in [5.74, 6) is -0.818. The lowest BCUT2D eigenvalue weighted by atomic mass is 10.2. The van der Waals surface area contributed by atoms with Crippen LogP contribution >= 0.6 is 0 Å². The van der Waals surface area contributed by atoms with Crippen molar-refractivity contribution >= 4 is 5.97 Å². The highest BCUT2D eigenvalue weighted by Gasteiger charge is 2.06. The molecule has 0 heterocycles. The summed E-state index contributed by atoms with van der Waals surface area (Å²) >= 11 is 0. The third kappa shape index (κ3) is 16.5. The van der Waals surface area contributed by atoms with Crippen LogP contribution in [0.3, 0.4) is 0 Å². The second-order valence-corrected chi connectivity index (χ2v) is 5.82. The van der Waals surface area contributed by atoms with Gasteiger partial charge in [0.05, 0.1) is 11.3 Å². The molecule has 0 saturated carbocycles. The Bertz CT molecular complexity index is 490. The average molecular weight is 349 g/mol. The van der Waals surface area contributed by atoms with Gasteiger partial charge in [-0.05, 0) is 44.6 Å². The monoisotopic (exact) mass is 349 g/mol. The van der Waals surface area contributed by atoms with E-state index in [2.05, 4.69) is 19.1 Å². The summed E-state index contributed by atoms with van der Waals surface area (Å²) in [5.41, 5.74) is 0.175. The van der Waals surface area contributed by atoms with Crippen molar-refractivity contribution in [2.75, 3.05) is 0 Å². The quantitative estimate of drug-likeness (QED) is 0.175. The highest BCUT2D eigenvalue weighted by Crippen LogP contribution is 2.07. The van der Waals surface area contributed by atoms with Gasteiger partial charge in [-0.2, -0.15) is 0 Å². The van der Waals surface area contributed by atoms with Crippen LogP contribution in [0.1, 0.15) is 71.1 Å². The number of unbranched alkanes of at least 4 members (excludes halogenated alkanes) is 4. The summed E-state index contributed by atoms with van der Waals surface area (Å²) in [6, 6.07) is 0. The van der Waals surface area contributed by atoms with Crippen molar-refractivity contribution in [1.82, 2.24) is 0 Å². The standard InChI is InChI=1S/C20H31NO4/c1-2-3-4-5-6-7-8-9-10-13-16-19(21(24)25)17-14-11-12-15-18-20(22)23/h6-7,9-11,14,16H,2-5,8,12-13,15,17-18H2,1H3,(H,22,23)/b7-6+,10-9+,14-11+,19-16-. The third-order valence-electron chi connectivity index (χ3n) is 3.56. The number of aliphatic carboxylic acids is 1. The van der Waals surface area contributed by atoms with Crippen LogP contribution < -0.4 is 0 Å². The first kappa shape index (κ1) is 22.8. The molecular formula is C20H31NO4. The minimum Gasteiger partial charge on any atom is -0.481 e. The van der Waals surface area contributed by atoms with Gasteiger partial charge in [-0.15, -0.1) is 0 Å². The molecule has 5 heteroatoms. The number of hydrogen-bond acceptors (Lipinski definition) is 3. The van der Waals surface area contributed by atoms with E-state index in [0.29, 0.717) is 19.3 Å². The van der Waals surface area contributed by atoms with Crippen molar-refractivity contribution < 1.29 is 14.8 Å². The number of allylic oxidation sites excluding steroid dienone is 7. The van der Waals surface area contributed by atoms with E-state index in [1.165, 1.54) is 19.3 Å². The molecule has 1 N–H and O–H groups in total. The summed E-state index contributed by atoms with van der Waals surface area (Å²) in [5, 5.41) is 19.5. The molecule has 0 unspecified atom stereocenters. The van der Waals surface area contributed by atoms with Crippen molar-refractivity contribution in [3.8, 4) is 0 Å². The van der Waals surface area contributed by atoms with Crippen molar-refractivity contribution in [3.63, 3.8) is 0 Å². The molecule has 0 spiro atoms.